The first-order valence-electron chi connectivity index (χ1n) is 5.21. The van der Waals surface area contributed by atoms with Crippen molar-refractivity contribution in [2.24, 2.45) is 5.73 Å². The summed E-state index contributed by atoms with van der Waals surface area (Å²) in [6.07, 6.45) is 6.30. The van der Waals surface area contributed by atoms with Crippen LogP contribution in [-0.4, -0.2) is 29.0 Å². The third-order valence-electron chi connectivity index (χ3n) is 2.38. The summed E-state index contributed by atoms with van der Waals surface area (Å²) in [6.45, 7) is 2.09. The van der Waals surface area contributed by atoms with E-state index < -0.39 is 0 Å². The molecule has 1 aromatic rings. The molecule has 0 amide bonds. The first kappa shape index (κ1) is 10.2. The molecular formula is C11H15N3O. The Hall–Kier alpha value is -1.31. The van der Waals surface area contributed by atoms with E-state index in [1.54, 1.807) is 6.20 Å². The second-order valence-corrected chi connectivity index (χ2v) is 3.59. The number of rotatable bonds is 2. The summed E-state index contributed by atoms with van der Waals surface area (Å²) in [4.78, 5) is 0. The second-order valence-electron chi connectivity index (χ2n) is 3.59. The molecule has 4 heteroatoms. The van der Waals surface area contributed by atoms with E-state index in [1.807, 2.05) is 10.9 Å². The van der Waals surface area contributed by atoms with Crippen molar-refractivity contribution < 1.29 is 4.74 Å². The minimum absolute atomic E-state index is 0.320. The fourth-order valence-electron chi connectivity index (χ4n) is 1.68. The zero-order valence-corrected chi connectivity index (χ0v) is 8.65. The van der Waals surface area contributed by atoms with Crippen LogP contribution in [0.25, 0.3) is 0 Å². The van der Waals surface area contributed by atoms with Gasteiger partial charge in [-0.2, -0.15) is 5.10 Å². The Kier molecular flexibility index (Phi) is 3.38. The molecule has 0 saturated carbocycles. The third kappa shape index (κ3) is 2.82. The van der Waals surface area contributed by atoms with Crippen LogP contribution in [-0.2, 0) is 11.3 Å². The molecular weight excluding hydrogens is 190 g/mol. The second kappa shape index (κ2) is 4.96. The van der Waals surface area contributed by atoms with Gasteiger partial charge in [-0.3, -0.25) is 4.68 Å². The van der Waals surface area contributed by atoms with Crippen molar-refractivity contribution in [2.45, 2.75) is 25.5 Å². The van der Waals surface area contributed by atoms with E-state index in [0.717, 1.165) is 31.6 Å². The minimum Gasteiger partial charge on any atom is -0.376 e. The van der Waals surface area contributed by atoms with Gasteiger partial charge in [0.05, 0.1) is 31.0 Å². The highest BCUT2D eigenvalue weighted by Gasteiger charge is 2.15. The molecule has 0 bridgehead atoms. The van der Waals surface area contributed by atoms with E-state index >= 15 is 0 Å². The minimum atomic E-state index is 0.320. The van der Waals surface area contributed by atoms with Crippen LogP contribution in [0, 0.1) is 11.8 Å². The van der Waals surface area contributed by atoms with E-state index in [0.29, 0.717) is 12.6 Å². The van der Waals surface area contributed by atoms with Crippen LogP contribution in [0.2, 0.25) is 0 Å². The van der Waals surface area contributed by atoms with Crippen molar-refractivity contribution in [3.8, 4) is 11.8 Å². The van der Waals surface area contributed by atoms with Crippen LogP contribution in [0.3, 0.4) is 0 Å². The van der Waals surface area contributed by atoms with Crippen molar-refractivity contribution in [1.29, 1.82) is 0 Å². The number of nitrogens with two attached hydrogens (primary N) is 1. The Bertz CT molecular complexity index is 369. The summed E-state index contributed by atoms with van der Waals surface area (Å²) in [6, 6.07) is 0. The molecule has 2 N–H and O–H groups in total. The number of ether oxygens (including phenoxy) is 1. The van der Waals surface area contributed by atoms with E-state index in [4.69, 9.17) is 10.5 Å². The molecule has 1 aliphatic rings. The Morgan fingerprint density at radius 1 is 1.67 bits per heavy atom. The summed E-state index contributed by atoms with van der Waals surface area (Å²) < 4.78 is 7.42. The summed E-state index contributed by atoms with van der Waals surface area (Å²) in [5.74, 6) is 5.76. The number of hydrogen-bond donors (Lipinski definition) is 1. The fraction of sp³-hybridized carbons (Fsp3) is 0.545. The van der Waals surface area contributed by atoms with Crippen LogP contribution in [0.1, 0.15) is 18.4 Å². The topological polar surface area (TPSA) is 53.1 Å². The van der Waals surface area contributed by atoms with Gasteiger partial charge in [-0.25, -0.2) is 0 Å². The normalized spacial score (nSPS) is 19.9. The van der Waals surface area contributed by atoms with Gasteiger partial charge in [0, 0.05) is 12.8 Å². The van der Waals surface area contributed by atoms with Crippen molar-refractivity contribution >= 4 is 0 Å². The lowest BCUT2D eigenvalue weighted by Crippen LogP contribution is -2.15. The molecule has 1 fully saturated rings. The van der Waals surface area contributed by atoms with Gasteiger partial charge in [-0.1, -0.05) is 11.8 Å². The highest BCUT2D eigenvalue weighted by Crippen LogP contribution is 2.13. The number of aromatic nitrogens is 2. The summed E-state index contributed by atoms with van der Waals surface area (Å²) in [5, 5.41) is 4.23. The molecule has 15 heavy (non-hydrogen) atoms. The Labute approximate surface area is 89.4 Å². The Morgan fingerprint density at radius 3 is 3.33 bits per heavy atom. The predicted octanol–water partition coefficient (Wildman–Crippen LogP) is 0.372. The molecule has 0 aliphatic carbocycles. The molecule has 1 aromatic heterocycles. The SMILES string of the molecule is NCC#Cc1cnn(C[C@@H]2CCCO2)c1. The van der Waals surface area contributed by atoms with E-state index in [9.17, 15) is 0 Å². The lowest BCUT2D eigenvalue weighted by atomic mass is 10.2. The van der Waals surface area contributed by atoms with Crippen molar-refractivity contribution in [3.05, 3.63) is 18.0 Å². The van der Waals surface area contributed by atoms with Gasteiger partial charge < -0.3 is 10.5 Å². The monoisotopic (exact) mass is 205 g/mol. The number of nitrogens with zero attached hydrogens (tertiary/aromatic N) is 2. The molecule has 4 nitrogen and oxygen atoms in total. The van der Waals surface area contributed by atoms with Gasteiger partial charge in [0.15, 0.2) is 0 Å². The van der Waals surface area contributed by atoms with E-state index in [1.165, 1.54) is 0 Å². The van der Waals surface area contributed by atoms with Gasteiger partial charge in [0.1, 0.15) is 0 Å². The van der Waals surface area contributed by atoms with Gasteiger partial charge >= 0.3 is 0 Å². The molecule has 1 atom stereocenters. The molecule has 0 spiro atoms. The van der Waals surface area contributed by atoms with Crippen molar-refractivity contribution in [3.63, 3.8) is 0 Å². The largest absolute Gasteiger partial charge is 0.376 e. The van der Waals surface area contributed by atoms with E-state index in [2.05, 4.69) is 16.9 Å². The third-order valence-corrected chi connectivity index (χ3v) is 2.38. The average molecular weight is 205 g/mol. The van der Waals surface area contributed by atoms with Crippen LogP contribution < -0.4 is 5.73 Å². The lowest BCUT2D eigenvalue weighted by Gasteiger charge is -2.08. The Morgan fingerprint density at radius 2 is 2.60 bits per heavy atom. The van der Waals surface area contributed by atoms with Crippen LogP contribution in [0.15, 0.2) is 12.4 Å². The molecule has 1 saturated heterocycles. The zero-order chi connectivity index (χ0) is 10.5. The standard InChI is InChI=1S/C11H15N3O/c12-5-1-3-10-7-13-14(8-10)9-11-4-2-6-15-11/h7-8,11H,2,4-6,9,12H2/t11-/m0/s1. The first-order chi connectivity index (χ1) is 7.38. The highest BCUT2D eigenvalue weighted by molar-refractivity contribution is 5.29. The molecule has 80 valence electrons. The average Bonchev–Trinajstić information content (AvgIpc) is 2.87. The van der Waals surface area contributed by atoms with Gasteiger partial charge in [-0.15, -0.1) is 0 Å². The smallest absolute Gasteiger partial charge is 0.0771 e. The zero-order valence-electron chi connectivity index (χ0n) is 8.65. The molecule has 0 radical (unpaired) electrons. The fourth-order valence-corrected chi connectivity index (χ4v) is 1.68. The quantitative estimate of drug-likeness (QED) is 0.710. The number of hydrogen-bond acceptors (Lipinski definition) is 3. The maximum absolute atomic E-state index is 5.53. The maximum Gasteiger partial charge on any atom is 0.0771 e. The van der Waals surface area contributed by atoms with Gasteiger partial charge in [0.2, 0.25) is 0 Å². The van der Waals surface area contributed by atoms with Gasteiger partial charge in [-0.05, 0) is 12.8 Å². The van der Waals surface area contributed by atoms with Crippen molar-refractivity contribution in [2.75, 3.05) is 13.2 Å². The van der Waals surface area contributed by atoms with Crippen molar-refractivity contribution in [1.82, 2.24) is 9.78 Å². The van der Waals surface area contributed by atoms with Crippen LogP contribution >= 0.6 is 0 Å². The van der Waals surface area contributed by atoms with E-state index in [-0.39, 0.29) is 0 Å². The Balaban J connectivity index is 1.94. The molecule has 2 rings (SSSR count). The molecule has 0 unspecified atom stereocenters. The molecule has 2 heterocycles. The lowest BCUT2D eigenvalue weighted by molar-refractivity contribution is 0.0940. The van der Waals surface area contributed by atoms with Gasteiger partial charge in [0.25, 0.3) is 0 Å². The summed E-state index contributed by atoms with van der Waals surface area (Å²) in [7, 11) is 0. The summed E-state index contributed by atoms with van der Waals surface area (Å²) >= 11 is 0. The highest BCUT2D eigenvalue weighted by atomic mass is 16.5. The molecule has 1 aliphatic heterocycles. The van der Waals surface area contributed by atoms with Crippen LogP contribution in [0.4, 0.5) is 0 Å². The predicted molar refractivity (Wildman–Crippen MR) is 57.1 cm³/mol. The summed E-state index contributed by atoms with van der Waals surface area (Å²) in [5.41, 5.74) is 6.21. The first-order valence-corrected chi connectivity index (χ1v) is 5.21. The van der Waals surface area contributed by atoms with Crippen LogP contribution in [0.5, 0.6) is 0 Å². The maximum atomic E-state index is 5.53. The molecule has 0 aromatic carbocycles.